The van der Waals surface area contributed by atoms with Crippen LogP contribution >= 0.6 is 15.9 Å². The van der Waals surface area contributed by atoms with E-state index in [9.17, 15) is 15.0 Å². The molecule has 0 aliphatic carbocycles. The highest BCUT2D eigenvalue weighted by Gasteiger charge is 2.43. The van der Waals surface area contributed by atoms with Crippen molar-refractivity contribution in [2.75, 3.05) is 7.11 Å². The van der Waals surface area contributed by atoms with Crippen LogP contribution in [0.1, 0.15) is 44.3 Å². The number of nitrogens with one attached hydrogen (secondary N) is 1. The summed E-state index contributed by atoms with van der Waals surface area (Å²) in [5.74, 6) is 0.179. The number of carbonyl (C=O) groups excluding carboxylic acids is 1. The molecule has 1 aromatic heterocycles. The van der Waals surface area contributed by atoms with Crippen molar-refractivity contribution in [2.24, 2.45) is 0 Å². The van der Waals surface area contributed by atoms with E-state index in [0.29, 0.717) is 33.5 Å². The fourth-order valence-electron chi connectivity index (χ4n) is 4.84. The number of phenols is 2. The Morgan fingerprint density at radius 3 is 2.54 bits per heavy atom. The first-order valence-electron chi connectivity index (χ1n) is 11.1. The van der Waals surface area contributed by atoms with Gasteiger partial charge in [-0.25, -0.2) is 0 Å². The number of carbonyl (C=O) groups is 1. The van der Waals surface area contributed by atoms with Crippen molar-refractivity contribution in [3.8, 4) is 28.5 Å². The van der Waals surface area contributed by atoms with Gasteiger partial charge in [-0.1, -0.05) is 36.4 Å². The normalized spacial score (nSPS) is 14.9. The topological polar surface area (TPSA) is 98.7 Å². The number of benzene rings is 3. The fourth-order valence-corrected chi connectivity index (χ4v) is 5.30. The summed E-state index contributed by atoms with van der Waals surface area (Å²) in [6.07, 6.45) is 0. The molecule has 0 radical (unpaired) electrons. The lowest BCUT2D eigenvalue weighted by atomic mass is 9.93. The molecule has 0 saturated heterocycles. The number of nitrogens with zero attached hydrogens (tertiary/aromatic N) is 2. The van der Waals surface area contributed by atoms with Crippen LogP contribution in [0, 0.1) is 13.8 Å². The highest BCUT2D eigenvalue weighted by atomic mass is 79.9. The summed E-state index contributed by atoms with van der Waals surface area (Å²) >= 11 is 3.42. The van der Waals surface area contributed by atoms with Gasteiger partial charge in [0.1, 0.15) is 17.1 Å². The molecule has 5 rings (SSSR count). The largest absolute Gasteiger partial charge is 0.507 e. The first-order valence-corrected chi connectivity index (χ1v) is 11.9. The molecule has 7 nitrogen and oxygen atoms in total. The Hall–Kier alpha value is -3.78. The maximum atomic E-state index is 13.7. The van der Waals surface area contributed by atoms with Gasteiger partial charge in [0, 0.05) is 17.7 Å². The van der Waals surface area contributed by atoms with E-state index in [1.54, 1.807) is 23.1 Å². The Labute approximate surface area is 211 Å². The zero-order valence-electron chi connectivity index (χ0n) is 19.5. The molecule has 1 aliphatic rings. The van der Waals surface area contributed by atoms with Crippen molar-refractivity contribution in [3.63, 3.8) is 0 Å². The molecular formula is C27H24BrN3O4. The van der Waals surface area contributed by atoms with Crippen molar-refractivity contribution < 1.29 is 19.7 Å². The molecule has 4 aromatic rings. The Balaban J connectivity index is 1.74. The summed E-state index contributed by atoms with van der Waals surface area (Å²) in [4.78, 5) is 15.4. The monoisotopic (exact) mass is 533 g/mol. The van der Waals surface area contributed by atoms with E-state index in [2.05, 4.69) is 26.1 Å². The number of aromatic hydroxyl groups is 2. The first kappa shape index (κ1) is 23.0. The van der Waals surface area contributed by atoms with Gasteiger partial charge in [-0.3, -0.25) is 9.89 Å². The number of hydrogen-bond acceptors (Lipinski definition) is 5. The van der Waals surface area contributed by atoms with Gasteiger partial charge in [-0.05, 0) is 70.2 Å². The number of rotatable bonds is 5. The molecule has 1 atom stereocenters. The number of halogens is 1. The van der Waals surface area contributed by atoms with E-state index >= 15 is 0 Å². The quantitative estimate of drug-likeness (QED) is 0.309. The number of phenolic OH excluding ortho intramolecular Hbond substituents is 2. The van der Waals surface area contributed by atoms with Crippen LogP contribution in [0.25, 0.3) is 11.3 Å². The van der Waals surface area contributed by atoms with Gasteiger partial charge in [0.2, 0.25) is 0 Å². The summed E-state index contributed by atoms with van der Waals surface area (Å²) in [5, 5.41) is 28.7. The number of aromatic nitrogens is 2. The molecule has 35 heavy (non-hydrogen) atoms. The number of aryl methyl sites for hydroxylation is 2. The average molecular weight is 534 g/mol. The lowest BCUT2D eigenvalue weighted by Gasteiger charge is -2.27. The van der Waals surface area contributed by atoms with Crippen LogP contribution in [0.4, 0.5) is 0 Å². The molecule has 8 heteroatoms. The number of ether oxygens (including phenoxy) is 1. The molecule has 1 aliphatic heterocycles. The van der Waals surface area contributed by atoms with E-state index in [0.717, 1.165) is 22.3 Å². The van der Waals surface area contributed by atoms with Crippen LogP contribution in [-0.4, -0.2) is 38.3 Å². The summed E-state index contributed by atoms with van der Waals surface area (Å²) in [6, 6.07) is 16.4. The predicted octanol–water partition coefficient (Wildman–Crippen LogP) is 5.62. The summed E-state index contributed by atoms with van der Waals surface area (Å²) in [6.45, 7) is 4.20. The second-order valence-corrected chi connectivity index (χ2v) is 9.57. The van der Waals surface area contributed by atoms with Gasteiger partial charge < -0.3 is 19.8 Å². The molecule has 3 N–H and O–H groups in total. The van der Waals surface area contributed by atoms with Crippen LogP contribution in [0.2, 0.25) is 0 Å². The summed E-state index contributed by atoms with van der Waals surface area (Å²) in [7, 11) is 1.48. The number of H-pyrrole nitrogens is 1. The smallest absolute Gasteiger partial charge is 0.273 e. The molecule has 0 fully saturated rings. The number of aromatic amines is 1. The van der Waals surface area contributed by atoms with E-state index in [1.807, 2.05) is 50.2 Å². The maximum absolute atomic E-state index is 13.7. The van der Waals surface area contributed by atoms with Crippen molar-refractivity contribution in [3.05, 3.63) is 92.6 Å². The molecule has 0 bridgehead atoms. The number of fused-ring (bicyclic) bond motifs is 1. The van der Waals surface area contributed by atoms with E-state index < -0.39 is 6.04 Å². The average Bonchev–Trinajstić information content (AvgIpc) is 3.35. The molecular weight excluding hydrogens is 510 g/mol. The third-order valence-electron chi connectivity index (χ3n) is 6.34. The van der Waals surface area contributed by atoms with Crippen LogP contribution in [0.15, 0.2) is 59.1 Å². The molecule has 178 valence electrons. The van der Waals surface area contributed by atoms with Crippen LogP contribution in [0.3, 0.4) is 0 Å². The third kappa shape index (κ3) is 3.83. The Bertz CT molecular complexity index is 1430. The summed E-state index contributed by atoms with van der Waals surface area (Å²) < 4.78 is 5.85. The van der Waals surface area contributed by atoms with Crippen molar-refractivity contribution in [1.29, 1.82) is 0 Å². The predicted molar refractivity (Wildman–Crippen MR) is 136 cm³/mol. The SMILES string of the molecule is COc1cc(C2c3c(-c4c(C)cc(C)cc4O)n[nH]c3C(=O)N2Cc2ccccc2)cc(Br)c1O. The maximum Gasteiger partial charge on any atom is 0.273 e. The van der Waals surface area contributed by atoms with Crippen LogP contribution < -0.4 is 4.74 Å². The van der Waals surface area contributed by atoms with E-state index in [1.165, 1.54) is 7.11 Å². The van der Waals surface area contributed by atoms with E-state index in [4.69, 9.17) is 4.74 Å². The molecule has 0 saturated carbocycles. The molecule has 1 amide bonds. The lowest BCUT2D eigenvalue weighted by molar-refractivity contribution is 0.0730. The van der Waals surface area contributed by atoms with Gasteiger partial charge in [0.05, 0.1) is 17.6 Å². The van der Waals surface area contributed by atoms with Crippen LogP contribution in [-0.2, 0) is 6.54 Å². The molecule has 1 unspecified atom stereocenters. The molecule has 3 aromatic carbocycles. The second-order valence-electron chi connectivity index (χ2n) is 8.71. The lowest BCUT2D eigenvalue weighted by Crippen LogP contribution is -2.29. The minimum absolute atomic E-state index is 0.0187. The van der Waals surface area contributed by atoms with Gasteiger partial charge in [-0.2, -0.15) is 5.10 Å². The van der Waals surface area contributed by atoms with Gasteiger partial charge >= 0.3 is 0 Å². The van der Waals surface area contributed by atoms with Gasteiger partial charge in [-0.15, -0.1) is 0 Å². The third-order valence-corrected chi connectivity index (χ3v) is 6.95. The van der Waals surface area contributed by atoms with Crippen molar-refractivity contribution in [1.82, 2.24) is 15.1 Å². The minimum atomic E-state index is -0.530. The zero-order chi connectivity index (χ0) is 24.9. The highest BCUT2D eigenvalue weighted by molar-refractivity contribution is 9.10. The van der Waals surface area contributed by atoms with E-state index in [-0.39, 0.29) is 23.2 Å². The minimum Gasteiger partial charge on any atom is -0.507 e. The highest BCUT2D eigenvalue weighted by Crippen LogP contribution is 2.48. The Kier molecular flexibility index (Phi) is 5.76. The first-order chi connectivity index (χ1) is 16.8. The Morgan fingerprint density at radius 1 is 1.11 bits per heavy atom. The van der Waals surface area contributed by atoms with Crippen LogP contribution in [0.5, 0.6) is 17.2 Å². The number of amides is 1. The Morgan fingerprint density at radius 2 is 1.86 bits per heavy atom. The van der Waals surface area contributed by atoms with Gasteiger partial charge in [0.25, 0.3) is 5.91 Å². The fraction of sp³-hybridized carbons (Fsp3) is 0.185. The molecule has 2 heterocycles. The standard InChI is InChI=1S/C27H24BrN3O4/c1-14-9-15(2)21(19(32)10-14)23-22-24(30-29-23)27(34)31(13-16-7-5-4-6-8-16)25(22)17-11-18(28)26(33)20(12-17)35-3/h4-12,25,32-33H,13H2,1-3H3,(H,29,30). The number of methoxy groups -OCH3 is 1. The number of hydrogen-bond donors (Lipinski definition) is 3. The van der Waals surface area contributed by atoms with Gasteiger partial charge in [0.15, 0.2) is 11.5 Å². The summed E-state index contributed by atoms with van der Waals surface area (Å²) in [5.41, 5.74) is 5.65. The van der Waals surface area contributed by atoms with Crippen molar-refractivity contribution >= 4 is 21.8 Å². The molecule has 0 spiro atoms. The van der Waals surface area contributed by atoms with Crippen molar-refractivity contribution in [2.45, 2.75) is 26.4 Å². The zero-order valence-corrected chi connectivity index (χ0v) is 21.0. The second kappa shape index (κ2) is 8.78.